The van der Waals surface area contributed by atoms with Gasteiger partial charge in [0.05, 0.1) is 0 Å². The topological polar surface area (TPSA) is 94.4 Å². The zero-order chi connectivity index (χ0) is 39.5. The second-order valence-corrected chi connectivity index (χ2v) is 17.6. The molecule has 8 heteroatoms. The smallest absolute Gasteiger partial charge is 0.164 e. The molecular weight excluding hydrogens is 732 g/mol. The second kappa shape index (κ2) is 15.7. The summed E-state index contributed by atoms with van der Waals surface area (Å²) in [5, 5.41) is 0.844. The van der Waals surface area contributed by atoms with Gasteiger partial charge in [-0.2, -0.15) is 0 Å². The standard InChI is InChI=1S/C50H37N6OP/c1-58(2,57)44-29-15-25-40(33-44)39-24-14-28-43(32-39)50-55-47(36-20-10-5-11-21-36)54-49(56-50)42-27-13-23-38(31-42)37-22-12-26-41(30-37)48-52-45(34-16-6-3-7-17-34)51-46(53-48)35-18-8-4-9-19-35/h3-33H,1-2H3. The maximum absolute atomic E-state index is 12.9. The van der Waals surface area contributed by atoms with E-state index >= 15 is 0 Å². The molecule has 0 radical (unpaired) electrons. The van der Waals surface area contributed by atoms with Crippen molar-refractivity contribution in [2.24, 2.45) is 0 Å². The molecule has 9 rings (SSSR count). The van der Waals surface area contributed by atoms with Crippen molar-refractivity contribution in [1.82, 2.24) is 29.9 Å². The second-order valence-electron chi connectivity index (χ2n) is 14.4. The molecule has 0 amide bonds. The monoisotopic (exact) mass is 768 g/mol. The molecule has 2 aromatic heterocycles. The van der Waals surface area contributed by atoms with E-state index in [1.807, 2.05) is 152 Å². The summed E-state index contributed by atoms with van der Waals surface area (Å²) in [6, 6.07) is 62.6. The van der Waals surface area contributed by atoms with Gasteiger partial charge in [0, 0.05) is 38.7 Å². The maximum atomic E-state index is 12.9. The summed E-state index contributed by atoms with van der Waals surface area (Å²) < 4.78 is 12.9. The fourth-order valence-corrected chi connectivity index (χ4v) is 7.72. The van der Waals surface area contributed by atoms with E-state index in [9.17, 15) is 4.57 Å². The van der Waals surface area contributed by atoms with Crippen LogP contribution in [-0.2, 0) is 4.57 Å². The van der Waals surface area contributed by atoms with E-state index in [2.05, 4.69) is 36.4 Å². The van der Waals surface area contributed by atoms with Gasteiger partial charge in [0.15, 0.2) is 34.9 Å². The lowest BCUT2D eigenvalue weighted by Crippen LogP contribution is -2.02. The zero-order valence-electron chi connectivity index (χ0n) is 31.9. The predicted octanol–water partition coefficient (Wildman–Crippen LogP) is 11.6. The summed E-state index contributed by atoms with van der Waals surface area (Å²) in [5.74, 6) is 3.52. The van der Waals surface area contributed by atoms with Crippen molar-refractivity contribution in [1.29, 1.82) is 0 Å². The fourth-order valence-electron chi connectivity index (χ4n) is 6.82. The van der Waals surface area contributed by atoms with Crippen LogP contribution in [0.3, 0.4) is 0 Å². The summed E-state index contributed by atoms with van der Waals surface area (Å²) in [4.78, 5) is 29.9. The summed E-state index contributed by atoms with van der Waals surface area (Å²) in [5.41, 5.74) is 9.28. The molecular formula is C50H37N6OP. The molecule has 58 heavy (non-hydrogen) atoms. The Bertz CT molecular complexity index is 2890. The Morgan fingerprint density at radius 3 is 0.828 bits per heavy atom. The molecule has 0 atom stereocenters. The third-order valence-corrected chi connectivity index (χ3v) is 11.4. The van der Waals surface area contributed by atoms with Crippen molar-refractivity contribution in [3.63, 3.8) is 0 Å². The first kappa shape index (κ1) is 36.4. The van der Waals surface area contributed by atoms with Crippen LogP contribution in [0.15, 0.2) is 188 Å². The summed E-state index contributed by atoms with van der Waals surface area (Å²) in [6.45, 7) is 3.59. The van der Waals surface area contributed by atoms with E-state index in [1.165, 1.54) is 0 Å². The number of nitrogens with zero attached hydrogens (tertiary/aromatic N) is 6. The van der Waals surface area contributed by atoms with Gasteiger partial charge in [0.1, 0.15) is 7.14 Å². The first-order chi connectivity index (χ1) is 28.3. The van der Waals surface area contributed by atoms with Gasteiger partial charge in [-0.05, 0) is 59.8 Å². The molecule has 7 aromatic carbocycles. The van der Waals surface area contributed by atoms with Gasteiger partial charge in [-0.15, -0.1) is 0 Å². The van der Waals surface area contributed by atoms with Crippen LogP contribution in [0.1, 0.15) is 0 Å². The first-order valence-corrected chi connectivity index (χ1v) is 21.6. The molecule has 0 aliphatic carbocycles. The van der Waals surface area contributed by atoms with Crippen molar-refractivity contribution in [2.45, 2.75) is 0 Å². The lowest BCUT2D eigenvalue weighted by molar-refractivity contribution is 0.588. The van der Waals surface area contributed by atoms with E-state index < -0.39 is 7.14 Å². The molecule has 0 N–H and O–H groups in total. The zero-order valence-corrected chi connectivity index (χ0v) is 32.8. The highest BCUT2D eigenvalue weighted by molar-refractivity contribution is 7.70. The molecule has 7 nitrogen and oxygen atoms in total. The molecule has 9 aromatic rings. The number of benzene rings is 7. The van der Waals surface area contributed by atoms with Gasteiger partial charge in [-0.3, -0.25) is 0 Å². The SMILES string of the molecule is CP(C)(=O)c1cccc(-c2cccc(-c3nc(-c4ccccc4)nc(-c4cccc(-c5cccc(-c6nc(-c7ccccc7)nc(-c7ccccc7)n6)c5)c4)n3)c2)c1. The Labute approximate surface area is 337 Å². The average Bonchev–Trinajstić information content (AvgIpc) is 3.29. The largest absolute Gasteiger partial charge is 0.319 e. The molecule has 0 unspecified atom stereocenters. The summed E-state index contributed by atoms with van der Waals surface area (Å²) in [7, 11) is -2.43. The van der Waals surface area contributed by atoms with Crippen LogP contribution in [-0.4, -0.2) is 43.2 Å². The van der Waals surface area contributed by atoms with Gasteiger partial charge in [0.25, 0.3) is 0 Å². The molecule has 0 bridgehead atoms. The van der Waals surface area contributed by atoms with Crippen molar-refractivity contribution < 1.29 is 4.57 Å². The highest BCUT2D eigenvalue weighted by Gasteiger charge is 2.17. The van der Waals surface area contributed by atoms with Crippen molar-refractivity contribution in [3.8, 4) is 90.6 Å². The predicted molar refractivity (Wildman–Crippen MR) is 236 cm³/mol. The Hall–Kier alpha value is -7.21. The van der Waals surface area contributed by atoms with Crippen molar-refractivity contribution in [2.75, 3.05) is 13.3 Å². The molecule has 0 fully saturated rings. The normalized spacial score (nSPS) is 11.3. The minimum Gasteiger partial charge on any atom is -0.319 e. The third-order valence-electron chi connectivity index (χ3n) is 9.86. The molecule has 0 aliphatic rings. The van der Waals surface area contributed by atoms with Crippen LogP contribution in [0.2, 0.25) is 0 Å². The van der Waals surface area contributed by atoms with Gasteiger partial charge in [-0.25, -0.2) is 29.9 Å². The molecule has 0 saturated heterocycles. The quantitative estimate of drug-likeness (QED) is 0.135. The van der Waals surface area contributed by atoms with Crippen LogP contribution in [0.4, 0.5) is 0 Å². The first-order valence-electron chi connectivity index (χ1n) is 19.0. The van der Waals surface area contributed by atoms with Crippen LogP contribution >= 0.6 is 7.14 Å². The van der Waals surface area contributed by atoms with Crippen molar-refractivity contribution in [3.05, 3.63) is 188 Å². The van der Waals surface area contributed by atoms with Gasteiger partial charge < -0.3 is 4.57 Å². The number of hydrogen-bond donors (Lipinski definition) is 0. The van der Waals surface area contributed by atoms with E-state index in [4.69, 9.17) is 29.9 Å². The lowest BCUT2D eigenvalue weighted by Gasteiger charge is -2.12. The number of rotatable bonds is 9. The average molecular weight is 769 g/mol. The number of aromatic nitrogens is 6. The van der Waals surface area contributed by atoms with E-state index in [-0.39, 0.29) is 0 Å². The van der Waals surface area contributed by atoms with Crippen molar-refractivity contribution >= 4 is 12.4 Å². The molecule has 0 saturated carbocycles. The minimum absolute atomic E-state index is 0.559. The molecule has 0 aliphatic heterocycles. The molecule has 2 heterocycles. The van der Waals surface area contributed by atoms with Gasteiger partial charge in [0.2, 0.25) is 0 Å². The Kier molecular flexibility index (Phi) is 9.88. The minimum atomic E-state index is -2.43. The van der Waals surface area contributed by atoms with E-state index in [0.717, 1.165) is 60.9 Å². The highest BCUT2D eigenvalue weighted by atomic mass is 31.2. The van der Waals surface area contributed by atoms with E-state index in [1.54, 1.807) is 13.3 Å². The Balaban J connectivity index is 1.11. The molecule has 278 valence electrons. The number of hydrogen-bond acceptors (Lipinski definition) is 7. The van der Waals surface area contributed by atoms with Gasteiger partial charge >= 0.3 is 0 Å². The summed E-state index contributed by atoms with van der Waals surface area (Å²) in [6.07, 6.45) is 0. The van der Waals surface area contributed by atoms with E-state index in [0.29, 0.717) is 34.9 Å². The van der Waals surface area contributed by atoms with Gasteiger partial charge in [-0.1, -0.05) is 164 Å². The van der Waals surface area contributed by atoms with Crippen LogP contribution in [0, 0.1) is 0 Å². The van der Waals surface area contributed by atoms with Crippen LogP contribution in [0.5, 0.6) is 0 Å². The Morgan fingerprint density at radius 2 is 0.517 bits per heavy atom. The van der Waals surface area contributed by atoms with Crippen LogP contribution in [0.25, 0.3) is 90.6 Å². The maximum Gasteiger partial charge on any atom is 0.164 e. The summed E-state index contributed by atoms with van der Waals surface area (Å²) >= 11 is 0. The highest BCUT2D eigenvalue weighted by Crippen LogP contribution is 2.37. The third kappa shape index (κ3) is 7.90. The fraction of sp³-hybridized carbons (Fsp3) is 0.0400. The lowest BCUT2D eigenvalue weighted by atomic mass is 10.00. The molecule has 0 spiro atoms. The van der Waals surface area contributed by atoms with Crippen LogP contribution < -0.4 is 5.30 Å². The Morgan fingerprint density at radius 1 is 0.276 bits per heavy atom.